The summed E-state index contributed by atoms with van der Waals surface area (Å²) in [7, 11) is 0. The number of carbonyl (C=O) groups is 1. The molecule has 0 bridgehead atoms. The third kappa shape index (κ3) is 3.53. The maximum Gasteiger partial charge on any atom is 0.254 e. The van der Waals surface area contributed by atoms with Crippen molar-refractivity contribution >= 4 is 23.0 Å². The second kappa shape index (κ2) is 7.69. The van der Waals surface area contributed by atoms with Crippen LogP contribution in [-0.4, -0.2) is 51.9 Å². The molecule has 4 aromatic rings. The first-order valence-electron chi connectivity index (χ1n) is 11.4. The minimum Gasteiger partial charge on any atom is -0.436 e. The molecule has 2 aliphatic rings. The number of aryl methyl sites for hydroxylation is 2. The minimum absolute atomic E-state index is 0.0384. The van der Waals surface area contributed by atoms with E-state index in [1.54, 1.807) is 0 Å². The average Bonchev–Trinajstić information content (AvgIpc) is 3.51. The highest BCUT2D eigenvalue weighted by atomic mass is 16.3. The molecule has 0 aliphatic carbocycles. The molecule has 0 unspecified atom stereocenters. The van der Waals surface area contributed by atoms with Crippen molar-refractivity contribution in [3.8, 4) is 11.5 Å². The van der Waals surface area contributed by atoms with Crippen LogP contribution in [-0.2, 0) is 0 Å². The van der Waals surface area contributed by atoms with Gasteiger partial charge in [0.1, 0.15) is 5.52 Å². The van der Waals surface area contributed by atoms with Gasteiger partial charge in [0, 0.05) is 55.0 Å². The lowest BCUT2D eigenvalue weighted by molar-refractivity contribution is 0.0783. The van der Waals surface area contributed by atoms with Crippen molar-refractivity contribution in [2.45, 2.75) is 13.8 Å². The normalized spacial score (nSPS) is 19.9. The number of likely N-dealkylation sites (tertiary alicyclic amines) is 1. The molecule has 166 valence electrons. The van der Waals surface area contributed by atoms with E-state index in [9.17, 15) is 4.79 Å². The zero-order valence-corrected chi connectivity index (χ0v) is 18.7. The van der Waals surface area contributed by atoms with Gasteiger partial charge in [0.25, 0.3) is 5.91 Å². The topological polar surface area (TPSA) is 75.4 Å². The Labute approximate surface area is 192 Å². The highest BCUT2D eigenvalue weighted by Gasteiger charge is 2.43. The second-order valence-corrected chi connectivity index (χ2v) is 9.12. The molecule has 2 aromatic heterocycles. The third-order valence-electron chi connectivity index (χ3n) is 6.71. The number of rotatable bonds is 3. The van der Waals surface area contributed by atoms with Gasteiger partial charge in [-0.3, -0.25) is 4.79 Å². The van der Waals surface area contributed by atoms with E-state index in [1.165, 1.54) is 0 Å². The zero-order valence-electron chi connectivity index (χ0n) is 18.7. The first kappa shape index (κ1) is 19.9. The van der Waals surface area contributed by atoms with Crippen LogP contribution in [0.15, 0.2) is 59.0 Å². The Morgan fingerprint density at radius 1 is 0.879 bits per heavy atom. The summed E-state index contributed by atoms with van der Waals surface area (Å²) in [6.45, 7) is 7.25. The van der Waals surface area contributed by atoms with Crippen molar-refractivity contribution < 1.29 is 9.21 Å². The van der Waals surface area contributed by atoms with Gasteiger partial charge in [-0.2, -0.15) is 0 Å². The quantitative estimate of drug-likeness (QED) is 0.478. The summed E-state index contributed by atoms with van der Waals surface area (Å²) in [4.78, 5) is 31.7. The number of para-hydroxylation sites is 2. The SMILES string of the molecule is Cc1cc(C)nc(N2C[C@H]3CN(C(=O)c4ccccc4-c4nc5ccccc5o4)C[C@H]3C2)n1. The molecule has 0 spiro atoms. The predicted octanol–water partition coefficient (Wildman–Crippen LogP) is 4.11. The van der Waals surface area contributed by atoms with Gasteiger partial charge in [-0.05, 0) is 44.2 Å². The molecule has 4 heterocycles. The van der Waals surface area contributed by atoms with Crippen LogP contribution >= 0.6 is 0 Å². The van der Waals surface area contributed by atoms with Crippen LogP contribution in [0.2, 0.25) is 0 Å². The van der Waals surface area contributed by atoms with Crippen LogP contribution in [0.3, 0.4) is 0 Å². The third-order valence-corrected chi connectivity index (χ3v) is 6.71. The van der Waals surface area contributed by atoms with Crippen molar-refractivity contribution in [2.75, 3.05) is 31.1 Å². The van der Waals surface area contributed by atoms with Crippen LogP contribution in [0.4, 0.5) is 5.95 Å². The molecule has 0 radical (unpaired) electrons. The maximum absolute atomic E-state index is 13.5. The second-order valence-electron chi connectivity index (χ2n) is 9.12. The zero-order chi connectivity index (χ0) is 22.5. The number of hydrogen-bond donors (Lipinski definition) is 0. The monoisotopic (exact) mass is 439 g/mol. The number of aromatic nitrogens is 3. The Morgan fingerprint density at radius 2 is 1.55 bits per heavy atom. The summed E-state index contributed by atoms with van der Waals surface area (Å²) in [5.74, 6) is 2.18. The molecule has 2 aromatic carbocycles. The molecule has 2 saturated heterocycles. The summed E-state index contributed by atoms with van der Waals surface area (Å²) in [5, 5.41) is 0. The van der Waals surface area contributed by atoms with Crippen molar-refractivity contribution in [3.63, 3.8) is 0 Å². The first-order chi connectivity index (χ1) is 16.0. The largest absolute Gasteiger partial charge is 0.436 e. The van der Waals surface area contributed by atoms with Gasteiger partial charge in [-0.15, -0.1) is 0 Å². The van der Waals surface area contributed by atoms with Crippen LogP contribution in [0, 0.1) is 25.7 Å². The Balaban J connectivity index is 1.22. The number of nitrogens with zero attached hydrogens (tertiary/aromatic N) is 5. The van der Waals surface area contributed by atoms with Gasteiger partial charge >= 0.3 is 0 Å². The van der Waals surface area contributed by atoms with E-state index in [0.717, 1.165) is 60.2 Å². The molecule has 1 amide bonds. The Morgan fingerprint density at radius 3 is 2.27 bits per heavy atom. The highest BCUT2D eigenvalue weighted by Crippen LogP contribution is 2.35. The number of anilines is 1. The minimum atomic E-state index is 0.0384. The summed E-state index contributed by atoms with van der Waals surface area (Å²) in [6, 6.07) is 17.3. The average molecular weight is 440 g/mol. The van der Waals surface area contributed by atoms with Crippen LogP contribution in [0.25, 0.3) is 22.6 Å². The first-order valence-corrected chi connectivity index (χ1v) is 11.4. The van der Waals surface area contributed by atoms with Crippen molar-refractivity contribution in [2.24, 2.45) is 11.8 Å². The standard InChI is InChI=1S/C26H25N5O2/c1-16-11-17(2)28-26(27-16)31-14-18-12-30(13-19(18)15-31)25(32)21-8-4-3-7-20(21)24-29-22-9-5-6-10-23(22)33-24/h3-11,18-19H,12-15H2,1-2H3/t18-,19+. The smallest absolute Gasteiger partial charge is 0.254 e. The Hall–Kier alpha value is -3.74. The number of fused-ring (bicyclic) bond motifs is 2. The summed E-state index contributed by atoms with van der Waals surface area (Å²) < 4.78 is 5.96. The van der Waals surface area contributed by atoms with E-state index in [4.69, 9.17) is 4.42 Å². The van der Waals surface area contributed by atoms with Crippen molar-refractivity contribution in [1.82, 2.24) is 19.9 Å². The lowest BCUT2D eigenvalue weighted by atomic mass is 10.0. The fourth-order valence-electron chi connectivity index (χ4n) is 5.18. The molecular weight excluding hydrogens is 414 g/mol. The molecule has 7 nitrogen and oxygen atoms in total. The number of oxazole rings is 1. The van der Waals surface area contributed by atoms with Gasteiger partial charge in [0.2, 0.25) is 11.8 Å². The van der Waals surface area contributed by atoms with Gasteiger partial charge in [0.15, 0.2) is 5.58 Å². The fourth-order valence-corrected chi connectivity index (χ4v) is 5.18. The number of amides is 1. The van der Waals surface area contributed by atoms with Crippen LogP contribution in [0.1, 0.15) is 21.7 Å². The summed E-state index contributed by atoms with van der Waals surface area (Å²) in [5.41, 5.74) is 4.86. The molecule has 0 N–H and O–H groups in total. The molecule has 33 heavy (non-hydrogen) atoms. The number of hydrogen-bond acceptors (Lipinski definition) is 6. The molecule has 0 saturated carbocycles. The summed E-state index contributed by atoms with van der Waals surface area (Å²) >= 11 is 0. The number of carbonyl (C=O) groups excluding carboxylic acids is 1. The van der Waals surface area contributed by atoms with Gasteiger partial charge in [-0.25, -0.2) is 15.0 Å². The van der Waals surface area contributed by atoms with Crippen molar-refractivity contribution in [3.05, 3.63) is 71.5 Å². The van der Waals surface area contributed by atoms with E-state index < -0.39 is 0 Å². The van der Waals surface area contributed by atoms with Gasteiger partial charge in [-0.1, -0.05) is 24.3 Å². The van der Waals surface area contributed by atoms with E-state index in [1.807, 2.05) is 73.3 Å². The number of benzene rings is 2. The van der Waals surface area contributed by atoms with Crippen molar-refractivity contribution in [1.29, 1.82) is 0 Å². The predicted molar refractivity (Wildman–Crippen MR) is 126 cm³/mol. The molecule has 2 atom stereocenters. The summed E-state index contributed by atoms with van der Waals surface area (Å²) in [6.07, 6.45) is 0. The molecular formula is C26H25N5O2. The maximum atomic E-state index is 13.5. The molecule has 2 aliphatic heterocycles. The lowest BCUT2D eigenvalue weighted by Gasteiger charge is -2.22. The van der Waals surface area contributed by atoms with E-state index in [-0.39, 0.29) is 5.91 Å². The van der Waals surface area contributed by atoms with Gasteiger partial charge < -0.3 is 14.2 Å². The fraction of sp³-hybridized carbons (Fsp3) is 0.308. The molecule has 6 rings (SSSR count). The van der Waals surface area contributed by atoms with E-state index in [2.05, 4.69) is 19.9 Å². The molecule has 7 heteroatoms. The Bertz CT molecular complexity index is 1300. The lowest BCUT2D eigenvalue weighted by Crippen LogP contribution is -2.34. The molecule has 2 fully saturated rings. The van der Waals surface area contributed by atoms with Gasteiger partial charge in [0.05, 0.1) is 5.56 Å². The Kier molecular flexibility index (Phi) is 4.64. The highest BCUT2D eigenvalue weighted by molar-refractivity contribution is 6.00. The van der Waals surface area contributed by atoms with Crippen LogP contribution in [0.5, 0.6) is 0 Å². The van der Waals surface area contributed by atoms with E-state index >= 15 is 0 Å². The van der Waals surface area contributed by atoms with Crippen LogP contribution < -0.4 is 4.90 Å². The van der Waals surface area contributed by atoms with E-state index in [0.29, 0.717) is 23.3 Å².